The molecule has 1 amide bonds. The number of carbonyl (C=O) groups excluding carboxylic acids is 1. The molecule has 1 aliphatic carbocycles. The molecule has 0 saturated heterocycles. The van der Waals surface area contributed by atoms with Crippen LogP contribution in [0.2, 0.25) is 0 Å². The molecule has 100 valence electrons. The smallest absolute Gasteiger partial charge is 0.251 e. The zero-order valence-electron chi connectivity index (χ0n) is 10.7. The van der Waals surface area contributed by atoms with Crippen LogP contribution in [0.5, 0.6) is 0 Å². The highest BCUT2D eigenvalue weighted by atomic mass is 35.5. The van der Waals surface area contributed by atoms with Crippen molar-refractivity contribution in [3.63, 3.8) is 0 Å². The first-order chi connectivity index (χ1) is 8.15. The molecule has 0 bridgehead atoms. The Morgan fingerprint density at radius 3 is 2.61 bits per heavy atom. The first-order valence-corrected chi connectivity index (χ1v) is 6.24. The number of nitrogens with two attached hydrogens (primary N) is 1. The lowest BCUT2D eigenvalue weighted by Crippen LogP contribution is -2.51. The van der Waals surface area contributed by atoms with Crippen LogP contribution in [-0.2, 0) is 0 Å². The summed E-state index contributed by atoms with van der Waals surface area (Å²) in [5.74, 6) is 0.000972. The molecule has 1 fully saturated rings. The number of benzene rings is 1. The summed E-state index contributed by atoms with van der Waals surface area (Å²) in [5, 5.41) is 3.12. The molecule has 2 rings (SSSR count). The third-order valence-corrected chi connectivity index (χ3v) is 3.61. The maximum Gasteiger partial charge on any atom is 0.251 e. The van der Waals surface area contributed by atoms with Gasteiger partial charge in [0.05, 0.1) is 5.54 Å². The summed E-state index contributed by atoms with van der Waals surface area (Å²) in [5.41, 5.74) is 7.47. The molecule has 0 aliphatic heterocycles. The van der Waals surface area contributed by atoms with Gasteiger partial charge in [0.25, 0.3) is 5.91 Å². The van der Waals surface area contributed by atoms with Crippen molar-refractivity contribution in [1.82, 2.24) is 5.32 Å². The highest BCUT2D eigenvalue weighted by Gasteiger charge is 2.33. The van der Waals surface area contributed by atoms with Gasteiger partial charge in [-0.25, -0.2) is 0 Å². The van der Waals surface area contributed by atoms with E-state index in [1.807, 2.05) is 31.2 Å². The van der Waals surface area contributed by atoms with E-state index in [0.29, 0.717) is 6.54 Å². The largest absolute Gasteiger partial charge is 0.345 e. The lowest BCUT2D eigenvalue weighted by Gasteiger charge is -2.28. The minimum atomic E-state index is -0.166. The molecular weight excluding hydrogens is 248 g/mol. The Balaban J connectivity index is 0.00000162. The van der Waals surface area contributed by atoms with E-state index in [9.17, 15) is 4.79 Å². The van der Waals surface area contributed by atoms with Crippen molar-refractivity contribution >= 4 is 18.3 Å². The standard InChI is InChI=1S/C14H20N2O.ClH/c1-11-5-4-6-12(9-11)13(17)16-14(10-15)7-2-3-8-14;/h4-6,9H,2-3,7-8,10,15H2,1H3,(H,16,17);1H. The van der Waals surface area contributed by atoms with Crippen LogP contribution in [0.3, 0.4) is 0 Å². The summed E-state index contributed by atoms with van der Waals surface area (Å²) in [7, 11) is 0. The molecule has 1 saturated carbocycles. The molecule has 0 unspecified atom stereocenters. The zero-order chi connectivity index (χ0) is 12.3. The second kappa shape index (κ2) is 6.21. The Morgan fingerprint density at radius 1 is 1.39 bits per heavy atom. The third-order valence-electron chi connectivity index (χ3n) is 3.61. The van der Waals surface area contributed by atoms with Crippen molar-refractivity contribution < 1.29 is 4.79 Å². The van der Waals surface area contributed by atoms with Gasteiger partial charge in [-0.1, -0.05) is 30.5 Å². The molecule has 18 heavy (non-hydrogen) atoms. The van der Waals surface area contributed by atoms with Crippen molar-refractivity contribution in [1.29, 1.82) is 0 Å². The Morgan fingerprint density at radius 2 is 2.06 bits per heavy atom. The van der Waals surface area contributed by atoms with Crippen molar-refractivity contribution in [3.05, 3.63) is 35.4 Å². The number of nitrogens with one attached hydrogen (secondary N) is 1. The minimum Gasteiger partial charge on any atom is -0.345 e. The number of hydrogen-bond acceptors (Lipinski definition) is 2. The number of carbonyl (C=O) groups is 1. The van der Waals surface area contributed by atoms with E-state index in [4.69, 9.17) is 5.73 Å². The fraction of sp³-hybridized carbons (Fsp3) is 0.500. The molecule has 0 atom stereocenters. The fourth-order valence-electron chi connectivity index (χ4n) is 2.53. The molecule has 1 aromatic rings. The summed E-state index contributed by atoms with van der Waals surface area (Å²) in [6.45, 7) is 2.52. The highest BCUT2D eigenvalue weighted by Crippen LogP contribution is 2.28. The number of amides is 1. The summed E-state index contributed by atoms with van der Waals surface area (Å²) in [6.07, 6.45) is 4.32. The van der Waals surface area contributed by atoms with Crippen molar-refractivity contribution in [3.8, 4) is 0 Å². The van der Waals surface area contributed by atoms with Gasteiger partial charge in [-0.2, -0.15) is 0 Å². The van der Waals surface area contributed by atoms with Gasteiger partial charge in [-0.3, -0.25) is 4.79 Å². The molecular formula is C14H21ClN2O. The van der Waals surface area contributed by atoms with Gasteiger partial charge < -0.3 is 11.1 Å². The molecule has 1 aromatic carbocycles. The molecule has 3 N–H and O–H groups in total. The maximum atomic E-state index is 12.2. The van der Waals surface area contributed by atoms with Crippen molar-refractivity contribution in [2.45, 2.75) is 38.1 Å². The van der Waals surface area contributed by atoms with Gasteiger partial charge in [-0.15, -0.1) is 12.4 Å². The maximum absolute atomic E-state index is 12.2. The van der Waals surface area contributed by atoms with Crippen LogP contribution in [0.25, 0.3) is 0 Å². The first-order valence-electron chi connectivity index (χ1n) is 6.24. The van der Waals surface area contributed by atoms with Crippen LogP contribution in [-0.4, -0.2) is 18.0 Å². The van der Waals surface area contributed by atoms with Crippen molar-refractivity contribution in [2.75, 3.05) is 6.54 Å². The average molecular weight is 269 g/mol. The monoisotopic (exact) mass is 268 g/mol. The van der Waals surface area contributed by atoms with E-state index in [0.717, 1.165) is 36.8 Å². The fourth-order valence-corrected chi connectivity index (χ4v) is 2.53. The average Bonchev–Trinajstić information content (AvgIpc) is 2.78. The van der Waals surface area contributed by atoms with E-state index >= 15 is 0 Å². The van der Waals surface area contributed by atoms with Crippen LogP contribution in [0.4, 0.5) is 0 Å². The number of rotatable bonds is 3. The van der Waals surface area contributed by atoms with Crippen LogP contribution in [0.1, 0.15) is 41.6 Å². The van der Waals surface area contributed by atoms with E-state index in [1.54, 1.807) is 0 Å². The van der Waals surface area contributed by atoms with Gasteiger partial charge in [0.15, 0.2) is 0 Å². The molecule has 0 spiro atoms. The van der Waals surface area contributed by atoms with Gasteiger partial charge in [-0.05, 0) is 31.9 Å². The lowest BCUT2D eigenvalue weighted by molar-refractivity contribution is 0.0903. The Kier molecular flexibility index (Phi) is 5.17. The summed E-state index contributed by atoms with van der Waals surface area (Å²) >= 11 is 0. The molecule has 0 radical (unpaired) electrons. The molecule has 3 nitrogen and oxygen atoms in total. The van der Waals surface area contributed by atoms with E-state index in [1.165, 1.54) is 0 Å². The SMILES string of the molecule is Cc1cccc(C(=O)NC2(CN)CCCC2)c1.Cl. The number of hydrogen-bond donors (Lipinski definition) is 2. The van der Waals surface area contributed by atoms with Gasteiger partial charge >= 0.3 is 0 Å². The number of aryl methyl sites for hydroxylation is 1. The Bertz CT molecular complexity index is 414. The minimum absolute atomic E-state index is 0. The molecule has 1 aliphatic rings. The molecule has 0 heterocycles. The van der Waals surface area contributed by atoms with Crippen LogP contribution in [0, 0.1) is 6.92 Å². The van der Waals surface area contributed by atoms with Crippen LogP contribution in [0.15, 0.2) is 24.3 Å². The summed E-state index contributed by atoms with van der Waals surface area (Å²) in [4.78, 5) is 12.2. The quantitative estimate of drug-likeness (QED) is 0.885. The topological polar surface area (TPSA) is 55.1 Å². The third kappa shape index (κ3) is 3.24. The normalized spacial score (nSPS) is 17.0. The zero-order valence-corrected chi connectivity index (χ0v) is 11.6. The Labute approximate surface area is 115 Å². The van der Waals surface area contributed by atoms with E-state index in [2.05, 4.69) is 5.32 Å². The first kappa shape index (κ1) is 15.0. The van der Waals surface area contributed by atoms with Gasteiger partial charge in [0.2, 0.25) is 0 Å². The summed E-state index contributed by atoms with van der Waals surface area (Å²) < 4.78 is 0. The van der Waals surface area contributed by atoms with E-state index < -0.39 is 0 Å². The summed E-state index contributed by atoms with van der Waals surface area (Å²) in [6, 6.07) is 7.66. The highest BCUT2D eigenvalue weighted by molar-refractivity contribution is 5.94. The van der Waals surface area contributed by atoms with Gasteiger partial charge in [0.1, 0.15) is 0 Å². The predicted molar refractivity (Wildman–Crippen MR) is 76.1 cm³/mol. The second-order valence-corrected chi connectivity index (χ2v) is 5.02. The van der Waals surface area contributed by atoms with Gasteiger partial charge in [0, 0.05) is 12.1 Å². The second-order valence-electron chi connectivity index (χ2n) is 5.02. The predicted octanol–water partition coefficient (Wildman–Crippen LogP) is 2.42. The number of halogens is 1. The molecule has 4 heteroatoms. The van der Waals surface area contributed by atoms with E-state index in [-0.39, 0.29) is 23.9 Å². The lowest BCUT2D eigenvalue weighted by atomic mass is 9.97. The van der Waals surface area contributed by atoms with Crippen molar-refractivity contribution in [2.24, 2.45) is 5.73 Å². The molecule has 0 aromatic heterocycles. The van der Waals surface area contributed by atoms with Crippen LogP contribution >= 0.6 is 12.4 Å². The van der Waals surface area contributed by atoms with Crippen LogP contribution < -0.4 is 11.1 Å². The Hall–Kier alpha value is -1.06.